The summed E-state index contributed by atoms with van der Waals surface area (Å²) < 4.78 is 0. The number of carbonyl (C=O) groups excluding carboxylic acids is 2. The number of benzene rings is 4. The first-order chi connectivity index (χ1) is 16.0. The minimum atomic E-state index is -0.333. The van der Waals surface area contributed by atoms with E-state index >= 15 is 0 Å². The standard InChI is InChI=1S/C29H24N2O2/c1-19-6-12-24(13-7-19)31(25-14-8-20(2)9-15-25)26-5-3-4-21(16-26)22-10-11-23-18-28(32)30-29(33)27(23)17-22/h3-17H,18H2,1-2H3,(H,30,32,33). The minimum absolute atomic E-state index is 0.232. The number of amides is 2. The van der Waals surface area contributed by atoms with E-state index in [1.807, 2.05) is 30.3 Å². The van der Waals surface area contributed by atoms with E-state index in [1.165, 1.54) is 11.1 Å². The molecule has 1 heterocycles. The van der Waals surface area contributed by atoms with E-state index in [-0.39, 0.29) is 18.2 Å². The third-order valence-corrected chi connectivity index (χ3v) is 5.98. The molecular weight excluding hydrogens is 408 g/mol. The van der Waals surface area contributed by atoms with Crippen molar-refractivity contribution < 1.29 is 9.59 Å². The zero-order chi connectivity index (χ0) is 22.9. The Morgan fingerprint density at radius 3 is 1.91 bits per heavy atom. The Labute approximate surface area is 193 Å². The van der Waals surface area contributed by atoms with Crippen LogP contribution in [0.15, 0.2) is 91.0 Å². The Morgan fingerprint density at radius 1 is 0.667 bits per heavy atom. The van der Waals surface area contributed by atoms with Crippen molar-refractivity contribution in [1.29, 1.82) is 0 Å². The van der Waals surface area contributed by atoms with Crippen molar-refractivity contribution in [3.05, 3.63) is 113 Å². The number of rotatable bonds is 4. The van der Waals surface area contributed by atoms with Crippen LogP contribution < -0.4 is 10.2 Å². The first-order valence-corrected chi connectivity index (χ1v) is 11.0. The van der Waals surface area contributed by atoms with Crippen molar-refractivity contribution in [3.63, 3.8) is 0 Å². The highest BCUT2D eigenvalue weighted by molar-refractivity contribution is 6.10. The summed E-state index contributed by atoms with van der Waals surface area (Å²) in [7, 11) is 0. The number of nitrogens with one attached hydrogen (secondary N) is 1. The van der Waals surface area contributed by atoms with Crippen molar-refractivity contribution in [1.82, 2.24) is 5.32 Å². The zero-order valence-electron chi connectivity index (χ0n) is 18.6. The molecule has 0 fully saturated rings. The van der Waals surface area contributed by atoms with E-state index in [0.717, 1.165) is 33.8 Å². The molecular formula is C29H24N2O2. The van der Waals surface area contributed by atoms with Gasteiger partial charge >= 0.3 is 0 Å². The summed E-state index contributed by atoms with van der Waals surface area (Å²) >= 11 is 0. The van der Waals surface area contributed by atoms with Gasteiger partial charge in [-0.05, 0) is 73.0 Å². The summed E-state index contributed by atoms with van der Waals surface area (Å²) in [6, 6.07) is 31.0. The quantitative estimate of drug-likeness (QED) is 0.388. The Bertz CT molecular complexity index is 1310. The van der Waals surface area contributed by atoms with E-state index < -0.39 is 0 Å². The maximum atomic E-state index is 12.3. The van der Waals surface area contributed by atoms with Gasteiger partial charge in [0.25, 0.3) is 5.91 Å². The van der Waals surface area contributed by atoms with E-state index in [0.29, 0.717) is 5.56 Å². The van der Waals surface area contributed by atoms with Crippen molar-refractivity contribution in [3.8, 4) is 11.1 Å². The van der Waals surface area contributed by atoms with Crippen molar-refractivity contribution in [2.24, 2.45) is 0 Å². The number of hydrogen-bond donors (Lipinski definition) is 1. The Morgan fingerprint density at radius 2 is 1.27 bits per heavy atom. The third kappa shape index (κ3) is 4.15. The van der Waals surface area contributed by atoms with Crippen LogP contribution in [0.25, 0.3) is 11.1 Å². The van der Waals surface area contributed by atoms with Gasteiger partial charge in [0.2, 0.25) is 5.91 Å². The summed E-state index contributed by atoms with van der Waals surface area (Å²) in [4.78, 5) is 26.3. The monoisotopic (exact) mass is 432 g/mol. The van der Waals surface area contributed by atoms with Crippen LogP contribution in [0.1, 0.15) is 27.0 Å². The SMILES string of the molecule is Cc1ccc(N(c2ccc(C)cc2)c2cccc(-c3ccc4c(c3)C(=O)NC(=O)C4)c2)cc1. The lowest BCUT2D eigenvalue weighted by molar-refractivity contribution is -0.119. The molecule has 4 heteroatoms. The van der Waals surface area contributed by atoms with Crippen LogP contribution in [0, 0.1) is 13.8 Å². The van der Waals surface area contributed by atoms with Gasteiger partial charge in [0.15, 0.2) is 0 Å². The van der Waals surface area contributed by atoms with Crippen LogP contribution in [0.5, 0.6) is 0 Å². The first kappa shape index (κ1) is 20.7. The van der Waals surface area contributed by atoms with Gasteiger partial charge in [0.1, 0.15) is 0 Å². The number of fused-ring (bicyclic) bond motifs is 1. The second-order valence-electron chi connectivity index (χ2n) is 8.48. The van der Waals surface area contributed by atoms with Gasteiger partial charge in [-0.15, -0.1) is 0 Å². The average molecular weight is 433 g/mol. The Balaban J connectivity index is 1.59. The lowest BCUT2D eigenvalue weighted by Gasteiger charge is -2.26. The molecule has 0 aromatic heterocycles. The minimum Gasteiger partial charge on any atom is -0.310 e. The molecule has 33 heavy (non-hydrogen) atoms. The van der Waals surface area contributed by atoms with Gasteiger partial charge in [-0.2, -0.15) is 0 Å². The van der Waals surface area contributed by atoms with Crippen LogP contribution in [0.3, 0.4) is 0 Å². The summed E-state index contributed by atoms with van der Waals surface area (Å²) in [5.41, 5.74) is 8.87. The summed E-state index contributed by atoms with van der Waals surface area (Å²) in [5.74, 6) is -0.589. The molecule has 162 valence electrons. The number of aryl methyl sites for hydroxylation is 2. The van der Waals surface area contributed by atoms with Crippen molar-refractivity contribution in [2.45, 2.75) is 20.3 Å². The van der Waals surface area contributed by atoms with Gasteiger partial charge in [-0.25, -0.2) is 0 Å². The molecule has 1 aliphatic rings. The fourth-order valence-corrected chi connectivity index (χ4v) is 4.19. The first-order valence-electron chi connectivity index (χ1n) is 11.0. The topological polar surface area (TPSA) is 49.4 Å². The smallest absolute Gasteiger partial charge is 0.258 e. The maximum Gasteiger partial charge on any atom is 0.258 e. The molecule has 0 unspecified atom stereocenters. The molecule has 0 radical (unpaired) electrons. The highest BCUT2D eigenvalue weighted by atomic mass is 16.2. The normalized spacial score (nSPS) is 12.8. The van der Waals surface area contributed by atoms with E-state index in [4.69, 9.17) is 0 Å². The van der Waals surface area contributed by atoms with Crippen molar-refractivity contribution in [2.75, 3.05) is 4.90 Å². The number of hydrogen-bond acceptors (Lipinski definition) is 3. The highest BCUT2D eigenvalue weighted by Gasteiger charge is 2.22. The molecule has 4 aromatic rings. The molecule has 4 nitrogen and oxygen atoms in total. The molecule has 0 saturated heterocycles. The molecule has 0 spiro atoms. The fourth-order valence-electron chi connectivity index (χ4n) is 4.19. The molecule has 4 aromatic carbocycles. The predicted octanol–water partition coefficient (Wildman–Crippen LogP) is 6.25. The van der Waals surface area contributed by atoms with E-state index in [1.54, 1.807) is 0 Å². The second kappa shape index (κ2) is 8.40. The van der Waals surface area contributed by atoms with E-state index in [9.17, 15) is 9.59 Å². The number of imide groups is 1. The lowest BCUT2D eigenvalue weighted by Crippen LogP contribution is -2.37. The lowest BCUT2D eigenvalue weighted by atomic mass is 9.94. The highest BCUT2D eigenvalue weighted by Crippen LogP contribution is 2.37. The van der Waals surface area contributed by atoms with Gasteiger partial charge in [-0.3, -0.25) is 14.9 Å². The zero-order valence-corrected chi connectivity index (χ0v) is 18.6. The summed E-state index contributed by atoms with van der Waals surface area (Å²) in [6.07, 6.45) is 0.232. The largest absolute Gasteiger partial charge is 0.310 e. The maximum absolute atomic E-state index is 12.3. The van der Waals surface area contributed by atoms with Crippen LogP contribution in [-0.2, 0) is 11.2 Å². The molecule has 2 amide bonds. The van der Waals surface area contributed by atoms with Gasteiger partial charge in [-0.1, -0.05) is 59.7 Å². The number of carbonyl (C=O) groups is 2. The molecule has 1 N–H and O–H groups in total. The molecule has 0 aliphatic carbocycles. The second-order valence-corrected chi connectivity index (χ2v) is 8.48. The van der Waals surface area contributed by atoms with Crippen molar-refractivity contribution >= 4 is 28.9 Å². The predicted molar refractivity (Wildman–Crippen MR) is 132 cm³/mol. The van der Waals surface area contributed by atoms with Crippen LogP contribution >= 0.6 is 0 Å². The van der Waals surface area contributed by atoms with Gasteiger partial charge in [0.05, 0.1) is 6.42 Å². The Hall–Kier alpha value is -4.18. The molecule has 1 aliphatic heterocycles. The molecule has 5 rings (SSSR count). The molecule has 0 atom stereocenters. The third-order valence-electron chi connectivity index (χ3n) is 5.98. The Kier molecular flexibility index (Phi) is 5.27. The van der Waals surface area contributed by atoms with E-state index in [2.05, 4.69) is 84.7 Å². The molecule has 0 bridgehead atoms. The average Bonchev–Trinajstić information content (AvgIpc) is 2.82. The number of nitrogens with zero attached hydrogens (tertiary/aromatic N) is 1. The summed E-state index contributed by atoms with van der Waals surface area (Å²) in [6.45, 7) is 4.17. The number of anilines is 3. The summed E-state index contributed by atoms with van der Waals surface area (Å²) in [5, 5.41) is 2.41. The molecule has 0 saturated carbocycles. The van der Waals surface area contributed by atoms with Gasteiger partial charge in [0, 0.05) is 22.6 Å². The van der Waals surface area contributed by atoms with Crippen LogP contribution in [0.2, 0.25) is 0 Å². The van der Waals surface area contributed by atoms with Crippen LogP contribution in [0.4, 0.5) is 17.1 Å². The van der Waals surface area contributed by atoms with Crippen LogP contribution in [-0.4, -0.2) is 11.8 Å². The van der Waals surface area contributed by atoms with Gasteiger partial charge < -0.3 is 4.90 Å². The fraction of sp³-hybridized carbons (Fsp3) is 0.103.